The van der Waals surface area contributed by atoms with E-state index in [2.05, 4.69) is 53.3 Å². The largest absolute Gasteiger partial charge is 0.470 e. The van der Waals surface area contributed by atoms with E-state index in [4.69, 9.17) is 18.9 Å². The summed E-state index contributed by atoms with van der Waals surface area (Å²) in [4.78, 5) is 59.5. The zero-order chi connectivity index (χ0) is 41.8. The maximum Gasteiger partial charge on any atom is 0.311 e. The van der Waals surface area contributed by atoms with Gasteiger partial charge in [-0.2, -0.15) is 4.37 Å². The molecule has 58 heavy (non-hydrogen) atoms. The third kappa shape index (κ3) is 12.3. The first-order valence-corrected chi connectivity index (χ1v) is 20.8. The molecule has 17 heteroatoms. The summed E-state index contributed by atoms with van der Waals surface area (Å²) < 4.78 is 31.6. The van der Waals surface area contributed by atoms with Gasteiger partial charge in [0.15, 0.2) is 0 Å². The van der Waals surface area contributed by atoms with Gasteiger partial charge >= 0.3 is 11.9 Å². The second-order valence-corrected chi connectivity index (χ2v) is 15.9. The zero-order valence-electron chi connectivity index (χ0n) is 34.7. The molecular formula is C41H58N8O8S. The van der Waals surface area contributed by atoms with Crippen LogP contribution in [0.3, 0.4) is 0 Å². The lowest BCUT2D eigenvalue weighted by Crippen LogP contribution is -2.44. The van der Waals surface area contributed by atoms with Crippen LogP contribution in [0.2, 0.25) is 0 Å². The molecule has 4 heterocycles. The molecular weight excluding hydrogens is 765 g/mol. The molecule has 0 radical (unpaired) electrons. The molecule has 3 aromatic rings. The van der Waals surface area contributed by atoms with Crippen LogP contribution in [0.15, 0.2) is 18.2 Å². The number of unbranched alkanes of at least 4 members (excludes halogenated alkanes) is 1. The van der Waals surface area contributed by atoms with Gasteiger partial charge in [-0.25, -0.2) is 0 Å². The summed E-state index contributed by atoms with van der Waals surface area (Å²) in [7, 11) is 0. The summed E-state index contributed by atoms with van der Waals surface area (Å²) in [6, 6.07) is 4.97. The number of carbonyl (C=O) groups excluding carboxylic acids is 4. The molecule has 0 spiro atoms. The minimum absolute atomic E-state index is 0.0875. The summed E-state index contributed by atoms with van der Waals surface area (Å²) in [6.45, 7) is 20.1. The number of rotatable bonds is 20. The second-order valence-electron chi connectivity index (χ2n) is 15.4. The first-order valence-electron chi connectivity index (χ1n) is 20.1. The van der Waals surface area contributed by atoms with Crippen LogP contribution < -0.4 is 30.3 Å². The van der Waals surface area contributed by atoms with Gasteiger partial charge in [-0.3, -0.25) is 19.2 Å². The first kappa shape index (κ1) is 44.3. The number of H-pyrrole nitrogens is 1. The number of benzene rings is 1. The summed E-state index contributed by atoms with van der Waals surface area (Å²) in [5, 5.41) is 9.24. The van der Waals surface area contributed by atoms with Crippen molar-refractivity contribution < 1.29 is 38.1 Å². The Hall–Kier alpha value is -4.84. The molecule has 1 aromatic carbocycles. The van der Waals surface area contributed by atoms with Gasteiger partial charge in [0.25, 0.3) is 17.7 Å². The minimum atomic E-state index is -0.574. The summed E-state index contributed by atoms with van der Waals surface area (Å²) in [5.41, 5.74) is 3.97. The van der Waals surface area contributed by atoms with E-state index < -0.39 is 18.0 Å². The molecule has 16 nitrogen and oxygen atoms in total. The third-order valence-electron chi connectivity index (χ3n) is 9.93. The van der Waals surface area contributed by atoms with E-state index >= 15 is 0 Å². The summed E-state index contributed by atoms with van der Waals surface area (Å²) in [6.07, 6.45) is 2.19. The molecule has 4 N–H and O–H groups in total. The van der Waals surface area contributed by atoms with Gasteiger partial charge in [-0.15, -0.1) is 4.37 Å². The van der Waals surface area contributed by atoms with Crippen molar-refractivity contribution in [1.29, 1.82) is 0 Å². The highest BCUT2D eigenvalue weighted by atomic mass is 32.1. The first-order chi connectivity index (χ1) is 27.8. The van der Waals surface area contributed by atoms with Crippen LogP contribution in [0.1, 0.15) is 93.2 Å². The van der Waals surface area contributed by atoms with E-state index in [0.717, 1.165) is 36.9 Å². The average molecular weight is 823 g/mol. The molecule has 2 aliphatic rings. The van der Waals surface area contributed by atoms with Gasteiger partial charge in [0.2, 0.25) is 5.82 Å². The lowest BCUT2D eigenvalue weighted by molar-refractivity contribution is -0.151. The van der Waals surface area contributed by atoms with E-state index in [9.17, 15) is 19.2 Å². The molecule has 1 fully saturated rings. The van der Waals surface area contributed by atoms with E-state index in [1.54, 1.807) is 24.3 Å². The number of fused-ring (bicyclic) bond motifs is 1. The fourth-order valence-electron chi connectivity index (χ4n) is 6.66. The van der Waals surface area contributed by atoms with Crippen molar-refractivity contribution in [2.24, 2.45) is 0 Å². The number of amides is 2. The van der Waals surface area contributed by atoms with Crippen LogP contribution in [-0.4, -0.2) is 120 Å². The van der Waals surface area contributed by atoms with Gasteiger partial charge in [-0.1, -0.05) is 13.8 Å². The number of esters is 2. The van der Waals surface area contributed by atoms with Crippen LogP contribution in [0.4, 0.5) is 11.5 Å². The number of carbonyl (C=O) groups is 4. The number of nitrogens with one attached hydrogen (secondary N) is 4. The molecule has 1 atom stereocenters. The topological polar surface area (TPSA) is 189 Å². The molecule has 0 unspecified atom stereocenters. The van der Waals surface area contributed by atoms with Crippen molar-refractivity contribution in [1.82, 2.24) is 29.3 Å². The fraction of sp³-hybridized carbons (Fsp3) is 0.561. The number of aryl methyl sites for hydroxylation is 1. The Morgan fingerprint density at radius 2 is 1.79 bits per heavy atom. The lowest BCUT2D eigenvalue weighted by atomic mass is 10.0. The molecule has 0 saturated carbocycles. The van der Waals surface area contributed by atoms with Crippen molar-refractivity contribution in [2.45, 2.75) is 85.8 Å². The number of hydrogen-bond acceptors (Lipinski definition) is 14. The number of aromatic amines is 1. The van der Waals surface area contributed by atoms with Gasteiger partial charge in [-0.05, 0) is 90.4 Å². The number of anilines is 2. The number of hydrogen-bond donors (Lipinski definition) is 4. The maximum atomic E-state index is 13.1. The Morgan fingerprint density at radius 1 is 1.07 bits per heavy atom. The number of nitrogens with zero attached hydrogens (tertiary/aromatic N) is 4. The van der Waals surface area contributed by atoms with Crippen LogP contribution in [-0.2, 0) is 23.9 Å². The summed E-state index contributed by atoms with van der Waals surface area (Å²) in [5.74, 6) is 0.0307. The molecule has 1 saturated heterocycles. The van der Waals surface area contributed by atoms with Gasteiger partial charge in [0.1, 0.15) is 18.5 Å². The molecule has 316 valence electrons. The molecule has 2 amide bonds. The number of aromatic nitrogens is 3. The van der Waals surface area contributed by atoms with E-state index in [1.807, 2.05) is 34.6 Å². The number of morpholine rings is 1. The highest BCUT2D eigenvalue weighted by Gasteiger charge is 2.27. The third-order valence-corrected chi connectivity index (χ3v) is 10.4. The van der Waals surface area contributed by atoms with Crippen molar-refractivity contribution in [3.05, 3.63) is 46.3 Å². The van der Waals surface area contributed by atoms with Crippen molar-refractivity contribution >= 4 is 58.6 Å². The Labute approximate surface area is 344 Å². The van der Waals surface area contributed by atoms with Crippen LogP contribution >= 0.6 is 11.7 Å². The molecule has 2 aliphatic heterocycles. The molecule has 0 bridgehead atoms. The maximum absolute atomic E-state index is 13.1. The molecule has 5 rings (SSSR count). The van der Waals surface area contributed by atoms with Crippen molar-refractivity contribution in [2.75, 3.05) is 75.9 Å². The SMILES string of the molecule is CCN(CC)CCNC(=O)c1c(C)[nH]c(/C=C2\C(=O)Nc3ccc(OC(=O)CCCCC(=O)O[C@@H](CNC(C)(C)C)COc4nsnc4N4CCOCC4)cc32)c1C. The van der Waals surface area contributed by atoms with Gasteiger partial charge in [0.05, 0.1) is 36.1 Å². The fourth-order valence-corrected chi connectivity index (χ4v) is 7.18. The normalized spacial score (nSPS) is 15.3. The zero-order valence-corrected chi connectivity index (χ0v) is 35.6. The number of likely N-dealkylation sites (N-methyl/N-ethyl adjacent to an activating group) is 1. The highest BCUT2D eigenvalue weighted by Crippen LogP contribution is 2.36. The lowest BCUT2D eigenvalue weighted by Gasteiger charge is -2.27. The monoisotopic (exact) mass is 822 g/mol. The quantitative estimate of drug-likeness (QED) is 0.0531. The smallest absolute Gasteiger partial charge is 0.311 e. The Balaban J connectivity index is 1.11. The second kappa shape index (κ2) is 20.7. The molecule has 2 aromatic heterocycles. The predicted molar refractivity (Wildman–Crippen MR) is 224 cm³/mol. The minimum Gasteiger partial charge on any atom is -0.470 e. The Bertz CT molecular complexity index is 1930. The van der Waals surface area contributed by atoms with E-state index in [-0.39, 0.29) is 36.8 Å². The van der Waals surface area contributed by atoms with Crippen LogP contribution in [0.25, 0.3) is 11.6 Å². The van der Waals surface area contributed by atoms with Crippen LogP contribution in [0.5, 0.6) is 11.6 Å². The molecule has 0 aliphatic carbocycles. The van der Waals surface area contributed by atoms with Crippen molar-refractivity contribution in [3.63, 3.8) is 0 Å². The Kier molecular flexibility index (Phi) is 15.8. The summed E-state index contributed by atoms with van der Waals surface area (Å²) >= 11 is 1.07. The standard InChI is InChI=1S/C41H58N8O8S/c1-8-48(9-2)17-16-42-39(53)36-26(3)33(44-27(36)4)23-31-30-22-28(14-15-32(30)45-38(31)52)56-34(50)12-10-11-13-35(51)57-29(24-43-41(5,6)7)25-55-40-37(46-58-47-40)49-18-20-54-21-19-49/h14-15,22-23,29,43-44H,8-13,16-21,24-25H2,1-7H3,(H,42,53)(H,45,52)/b31-23-/t29-/m0/s1. The van der Waals surface area contributed by atoms with Crippen LogP contribution in [0, 0.1) is 13.8 Å². The predicted octanol–water partition coefficient (Wildman–Crippen LogP) is 4.73. The van der Waals surface area contributed by atoms with E-state index in [0.29, 0.717) is 103 Å². The Morgan fingerprint density at radius 3 is 2.50 bits per heavy atom. The van der Waals surface area contributed by atoms with E-state index in [1.165, 1.54) is 0 Å². The number of ether oxygens (including phenoxy) is 4. The average Bonchev–Trinajstić information content (AvgIpc) is 3.87. The van der Waals surface area contributed by atoms with Gasteiger partial charge < -0.3 is 49.7 Å². The van der Waals surface area contributed by atoms with Crippen molar-refractivity contribution in [3.8, 4) is 11.6 Å². The highest BCUT2D eigenvalue weighted by molar-refractivity contribution is 6.99. The van der Waals surface area contributed by atoms with Gasteiger partial charge in [0, 0.05) is 73.7 Å².